The maximum atomic E-state index is 5.87. The number of aliphatic imine (C=N–C) groups is 1. The molecule has 2 N–H and O–H groups in total. The summed E-state index contributed by atoms with van der Waals surface area (Å²) in [5.74, 6) is 0.547. The molecule has 0 heterocycles. The summed E-state index contributed by atoms with van der Waals surface area (Å²) in [4.78, 5) is 4.36. The highest BCUT2D eigenvalue weighted by Crippen LogP contribution is 2.05. The Bertz CT molecular complexity index is 589. The third kappa shape index (κ3) is 5.29. The first-order chi connectivity index (χ1) is 9.24. The van der Waals surface area contributed by atoms with Crippen LogP contribution >= 0.6 is 12.4 Å². The molecule has 0 saturated carbocycles. The van der Waals surface area contributed by atoms with Crippen molar-refractivity contribution >= 4 is 24.3 Å². The van der Waals surface area contributed by atoms with Gasteiger partial charge in [-0.3, -0.25) is 4.99 Å². The smallest absolute Gasteiger partial charge is 0.118 e. The molecule has 20 heavy (non-hydrogen) atoms. The van der Waals surface area contributed by atoms with Crippen molar-refractivity contribution in [3.63, 3.8) is 0 Å². The second-order valence-corrected chi connectivity index (χ2v) is 4.47. The first-order valence-corrected chi connectivity index (χ1v) is 6.32. The van der Waals surface area contributed by atoms with Crippen LogP contribution in [0.4, 0.5) is 0 Å². The molecule has 0 fully saturated rings. The minimum absolute atomic E-state index is 0. The predicted octanol–water partition coefficient (Wildman–Crippen LogP) is 3.99. The maximum Gasteiger partial charge on any atom is 0.118 e. The first kappa shape index (κ1) is 16.0. The molecular formula is C17H19ClN2. The minimum Gasteiger partial charge on any atom is -0.384 e. The van der Waals surface area contributed by atoms with Gasteiger partial charge in [-0.25, -0.2) is 0 Å². The average Bonchev–Trinajstić information content (AvgIpc) is 2.44. The number of aryl methyl sites for hydroxylation is 1. The molecule has 0 radical (unpaired) electrons. The molecule has 0 aliphatic heterocycles. The zero-order valence-electron chi connectivity index (χ0n) is 11.5. The van der Waals surface area contributed by atoms with Crippen molar-refractivity contribution in [1.82, 2.24) is 0 Å². The number of hydrogen-bond donors (Lipinski definition) is 1. The molecule has 0 unspecified atom stereocenters. The van der Waals surface area contributed by atoms with E-state index in [4.69, 9.17) is 5.73 Å². The fraction of sp³-hybridized carbons (Fsp3) is 0.118. The van der Waals surface area contributed by atoms with Gasteiger partial charge in [-0.1, -0.05) is 66.2 Å². The summed E-state index contributed by atoms with van der Waals surface area (Å²) < 4.78 is 0. The standard InChI is InChI=1S/C17H18N2.ClH/c1-14-6-5-9-16(12-14)13-19-17(18)11-10-15-7-3-2-4-8-15;/h2-12H,13H2,1H3,(H2,18,19);1H/b11-10+;. The molecule has 2 rings (SSSR count). The number of nitrogens with zero attached hydrogens (tertiary/aromatic N) is 1. The molecule has 0 aliphatic rings. The third-order valence-corrected chi connectivity index (χ3v) is 2.77. The van der Waals surface area contributed by atoms with Gasteiger partial charge >= 0.3 is 0 Å². The quantitative estimate of drug-likeness (QED) is 0.670. The van der Waals surface area contributed by atoms with E-state index in [9.17, 15) is 0 Å². The average molecular weight is 287 g/mol. The number of hydrogen-bond acceptors (Lipinski definition) is 1. The van der Waals surface area contributed by atoms with E-state index in [1.807, 2.05) is 48.6 Å². The molecule has 0 aliphatic carbocycles. The molecule has 104 valence electrons. The van der Waals surface area contributed by atoms with E-state index in [1.54, 1.807) is 0 Å². The normalized spacial score (nSPS) is 11.3. The number of rotatable bonds is 4. The van der Waals surface area contributed by atoms with Gasteiger partial charge < -0.3 is 5.73 Å². The molecule has 3 heteroatoms. The van der Waals surface area contributed by atoms with Gasteiger partial charge in [0.2, 0.25) is 0 Å². The predicted molar refractivity (Wildman–Crippen MR) is 89.2 cm³/mol. The molecule has 2 nitrogen and oxygen atoms in total. The minimum atomic E-state index is 0. The molecule has 0 atom stereocenters. The molecule has 2 aromatic carbocycles. The first-order valence-electron chi connectivity index (χ1n) is 6.32. The van der Waals surface area contributed by atoms with Crippen LogP contribution in [0.3, 0.4) is 0 Å². The Labute approximate surface area is 126 Å². The Morgan fingerprint density at radius 2 is 1.85 bits per heavy atom. The Kier molecular flexibility index (Phi) is 6.54. The van der Waals surface area contributed by atoms with Crippen LogP contribution in [0.1, 0.15) is 16.7 Å². The number of amidine groups is 1. The van der Waals surface area contributed by atoms with Crippen molar-refractivity contribution in [3.05, 3.63) is 77.4 Å². The van der Waals surface area contributed by atoms with Gasteiger partial charge in [0, 0.05) is 0 Å². The van der Waals surface area contributed by atoms with Crippen molar-refractivity contribution in [1.29, 1.82) is 0 Å². The maximum absolute atomic E-state index is 5.87. The Hall–Kier alpha value is -2.06. The van der Waals surface area contributed by atoms with Crippen molar-refractivity contribution < 1.29 is 0 Å². The summed E-state index contributed by atoms with van der Waals surface area (Å²) in [5.41, 5.74) is 9.41. The van der Waals surface area contributed by atoms with Gasteiger partial charge in [0.05, 0.1) is 6.54 Å². The number of nitrogens with two attached hydrogens (primary N) is 1. The Morgan fingerprint density at radius 3 is 2.55 bits per heavy atom. The SMILES string of the molecule is Cc1cccc(CN=C(N)/C=C/c2ccccc2)c1.Cl. The van der Waals surface area contributed by atoms with Crippen LogP contribution in [0.25, 0.3) is 6.08 Å². The molecule has 2 aromatic rings. The fourth-order valence-electron chi connectivity index (χ4n) is 1.79. The lowest BCUT2D eigenvalue weighted by atomic mass is 10.1. The van der Waals surface area contributed by atoms with Crippen LogP contribution in [0.5, 0.6) is 0 Å². The summed E-state index contributed by atoms with van der Waals surface area (Å²) in [6.45, 7) is 2.69. The van der Waals surface area contributed by atoms with E-state index in [0.717, 1.165) is 5.56 Å². The zero-order chi connectivity index (χ0) is 13.5. The zero-order valence-corrected chi connectivity index (χ0v) is 12.3. The van der Waals surface area contributed by atoms with E-state index in [1.165, 1.54) is 11.1 Å². The highest BCUT2D eigenvalue weighted by Gasteiger charge is 1.92. The van der Waals surface area contributed by atoms with Crippen molar-refractivity contribution in [2.75, 3.05) is 0 Å². The third-order valence-electron chi connectivity index (χ3n) is 2.77. The lowest BCUT2D eigenvalue weighted by Crippen LogP contribution is -2.07. The van der Waals surface area contributed by atoms with Crippen LogP contribution in [0, 0.1) is 6.92 Å². The van der Waals surface area contributed by atoms with Gasteiger partial charge in [-0.05, 0) is 24.1 Å². The van der Waals surface area contributed by atoms with Crippen LogP contribution in [-0.2, 0) is 6.54 Å². The van der Waals surface area contributed by atoms with Gasteiger partial charge in [-0.15, -0.1) is 12.4 Å². The monoisotopic (exact) mass is 286 g/mol. The highest BCUT2D eigenvalue weighted by atomic mass is 35.5. The summed E-state index contributed by atoms with van der Waals surface area (Å²) in [7, 11) is 0. The number of halogens is 1. The second kappa shape index (κ2) is 8.18. The lowest BCUT2D eigenvalue weighted by molar-refractivity contribution is 1.06. The summed E-state index contributed by atoms with van der Waals surface area (Å²) in [6.07, 6.45) is 3.81. The Morgan fingerprint density at radius 1 is 1.10 bits per heavy atom. The lowest BCUT2D eigenvalue weighted by Gasteiger charge is -1.99. The van der Waals surface area contributed by atoms with E-state index < -0.39 is 0 Å². The van der Waals surface area contributed by atoms with Crippen molar-refractivity contribution in [2.24, 2.45) is 10.7 Å². The van der Waals surface area contributed by atoms with Crippen molar-refractivity contribution in [2.45, 2.75) is 13.5 Å². The molecule has 0 bridgehead atoms. The van der Waals surface area contributed by atoms with E-state index in [-0.39, 0.29) is 12.4 Å². The van der Waals surface area contributed by atoms with Crippen LogP contribution in [0.15, 0.2) is 65.7 Å². The fourth-order valence-corrected chi connectivity index (χ4v) is 1.79. The topological polar surface area (TPSA) is 38.4 Å². The van der Waals surface area contributed by atoms with Crippen LogP contribution in [-0.4, -0.2) is 5.84 Å². The van der Waals surface area contributed by atoms with Gasteiger partial charge in [0.15, 0.2) is 0 Å². The molecule has 0 aromatic heterocycles. The van der Waals surface area contributed by atoms with Gasteiger partial charge in [0.1, 0.15) is 5.84 Å². The van der Waals surface area contributed by atoms with E-state index in [0.29, 0.717) is 12.4 Å². The summed E-state index contributed by atoms with van der Waals surface area (Å²) in [6, 6.07) is 18.4. The number of benzene rings is 2. The van der Waals surface area contributed by atoms with Crippen LogP contribution in [0.2, 0.25) is 0 Å². The molecule has 0 amide bonds. The van der Waals surface area contributed by atoms with E-state index in [2.05, 4.69) is 30.1 Å². The van der Waals surface area contributed by atoms with Gasteiger partial charge in [0.25, 0.3) is 0 Å². The van der Waals surface area contributed by atoms with Crippen molar-refractivity contribution in [3.8, 4) is 0 Å². The molecule has 0 spiro atoms. The molecule has 0 saturated heterocycles. The Balaban J connectivity index is 0.00000200. The largest absolute Gasteiger partial charge is 0.384 e. The summed E-state index contributed by atoms with van der Waals surface area (Å²) >= 11 is 0. The second-order valence-electron chi connectivity index (χ2n) is 4.47. The molecular weight excluding hydrogens is 268 g/mol. The summed E-state index contributed by atoms with van der Waals surface area (Å²) in [5, 5.41) is 0. The van der Waals surface area contributed by atoms with Gasteiger partial charge in [-0.2, -0.15) is 0 Å². The van der Waals surface area contributed by atoms with Crippen LogP contribution < -0.4 is 5.73 Å². The highest BCUT2D eigenvalue weighted by molar-refractivity contribution is 5.95. The van der Waals surface area contributed by atoms with E-state index >= 15 is 0 Å².